The minimum absolute atomic E-state index is 0.113. The second-order valence-electron chi connectivity index (χ2n) is 3.30. The number of rotatable bonds is 4. The van der Waals surface area contributed by atoms with Gasteiger partial charge in [-0.25, -0.2) is 0 Å². The smallest absolute Gasteiger partial charge is 0.292 e. The summed E-state index contributed by atoms with van der Waals surface area (Å²) in [6, 6.07) is 5.98. The summed E-state index contributed by atoms with van der Waals surface area (Å²) in [5, 5.41) is 25.9. The van der Waals surface area contributed by atoms with Gasteiger partial charge in [0.25, 0.3) is 5.69 Å². The quantitative estimate of drug-likeness (QED) is 0.639. The first-order valence-corrected chi connectivity index (χ1v) is 4.88. The summed E-state index contributed by atoms with van der Waals surface area (Å²) in [4.78, 5) is 14.1. The van der Waals surface area contributed by atoms with Gasteiger partial charge in [0, 0.05) is 6.07 Å². The number of nitro benzene ring substituents is 1. The third kappa shape index (κ3) is 2.41. The number of hydrogen-bond acceptors (Lipinski definition) is 7. The van der Waals surface area contributed by atoms with E-state index in [1.165, 1.54) is 18.2 Å². The molecule has 2 rings (SSSR count). The fraction of sp³-hybridized carbons (Fsp3) is 0.100. The molecular formula is C10H7N5O3. The summed E-state index contributed by atoms with van der Waals surface area (Å²) >= 11 is 0. The van der Waals surface area contributed by atoms with Crippen LogP contribution >= 0.6 is 0 Å². The summed E-state index contributed by atoms with van der Waals surface area (Å²) in [6.45, 7) is 0.173. The molecule has 1 N–H and O–H groups in total. The van der Waals surface area contributed by atoms with Gasteiger partial charge in [0.15, 0.2) is 5.82 Å². The lowest BCUT2D eigenvalue weighted by Crippen LogP contribution is -2.04. The normalized spacial score (nSPS) is 9.72. The number of nitriles is 1. The zero-order valence-corrected chi connectivity index (χ0v) is 9.03. The van der Waals surface area contributed by atoms with Gasteiger partial charge in [0.1, 0.15) is 5.69 Å². The number of benzene rings is 1. The van der Waals surface area contributed by atoms with Crippen LogP contribution in [0.1, 0.15) is 11.4 Å². The van der Waals surface area contributed by atoms with Crippen LogP contribution in [0.2, 0.25) is 0 Å². The fourth-order valence-electron chi connectivity index (χ4n) is 1.35. The van der Waals surface area contributed by atoms with Crippen LogP contribution in [0.3, 0.4) is 0 Å². The van der Waals surface area contributed by atoms with Crippen molar-refractivity contribution in [2.45, 2.75) is 6.54 Å². The molecule has 0 unspecified atom stereocenters. The molecular weight excluding hydrogens is 238 g/mol. The zero-order valence-electron chi connectivity index (χ0n) is 9.03. The maximum atomic E-state index is 10.8. The molecule has 90 valence electrons. The highest BCUT2D eigenvalue weighted by atomic mass is 16.6. The summed E-state index contributed by atoms with van der Waals surface area (Å²) in [7, 11) is 0. The standard InChI is InChI=1S/C10H7N5O3/c11-4-7-1-2-9(15(16)17)8(3-7)12-5-10-13-6-18-14-10/h1-3,6,12H,5H2. The van der Waals surface area contributed by atoms with E-state index < -0.39 is 4.92 Å². The van der Waals surface area contributed by atoms with Crippen LogP contribution in [0.15, 0.2) is 29.1 Å². The third-order valence-corrected chi connectivity index (χ3v) is 2.17. The Morgan fingerprint density at radius 3 is 3.00 bits per heavy atom. The largest absolute Gasteiger partial charge is 0.372 e. The number of nitro groups is 1. The van der Waals surface area contributed by atoms with Crippen molar-refractivity contribution in [3.63, 3.8) is 0 Å². The number of anilines is 1. The molecule has 1 aromatic heterocycles. The second kappa shape index (κ2) is 4.92. The van der Waals surface area contributed by atoms with Crippen LogP contribution in [-0.2, 0) is 6.54 Å². The van der Waals surface area contributed by atoms with E-state index in [0.717, 1.165) is 6.39 Å². The Morgan fingerprint density at radius 2 is 2.39 bits per heavy atom. The Labute approximate surface area is 101 Å². The summed E-state index contributed by atoms with van der Waals surface area (Å²) in [6.07, 6.45) is 1.16. The van der Waals surface area contributed by atoms with Crippen molar-refractivity contribution < 1.29 is 9.45 Å². The van der Waals surface area contributed by atoms with Gasteiger partial charge in [0.2, 0.25) is 6.39 Å². The van der Waals surface area contributed by atoms with Crippen molar-refractivity contribution in [2.24, 2.45) is 0 Å². The van der Waals surface area contributed by atoms with Gasteiger partial charge in [0.05, 0.1) is 23.1 Å². The molecule has 2 aromatic rings. The Bertz CT molecular complexity index is 602. The number of nitrogens with zero attached hydrogens (tertiary/aromatic N) is 4. The van der Waals surface area contributed by atoms with E-state index in [1.807, 2.05) is 6.07 Å². The maximum Gasteiger partial charge on any atom is 0.292 e. The van der Waals surface area contributed by atoms with E-state index in [2.05, 4.69) is 20.0 Å². The Morgan fingerprint density at radius 1 is 1.56 bits per heavy atom. The van der Waals surface area contributed by atoms with Crippen molar-refractivity contribution >= 4 is 11.4 Å². The second-order valence-corrected chi connectivity index (χ2v) is 3.30. The van der Waals surface area contributed by atoms with Gasteiger partial charge in [-0.3, -0.25) is 10.1 Å². The minimum Gasteiger partial charge on any atom is -0.372 e. The molecule has 0 fully saturated rings. The molecule has 0 amide bonds. The lowest BCUT2D eigenvalue weighted by atomic mass is 10.2. The number of hydrogen-bond donors (Lipinski definition) is 1. The maximum absolute atomic E-state index is 10.8. The number of aromatic nitrogens is 2. The van der Waals surface area contributed by atoms with Gasteiger partial charge in [-0.2, -0.15) is 10.2 Å². The van der Waals surface area contributed by atoms with E-state index in [4.69, 9.17) is 5.26 Å². The molecule has 1 aromatic carbocycles. The Hall–Kier alpha value is -2.95. The van der Waals surface area contributed by atoms with Crippen molar-refractivity contribution in [3.8, 4) is 6.07 Å². The molecule has 8 heteroatoms. The lowest BCUT2D eigenvalue weighted by Gasteiger charge is -2.04. The van der Waals surface area contributed by atoms with Crippen molar-refractivity contribution in [1.82, 2.24) is 10.1 Å². The molecule has 1 heterocycles. The third-order valence-electron chi connectivity index (χ3n) is 2.17. The van der Waals surface area contributed by atoms with E-state index in [0.29, 0.717) is 11.4 Å². The molecule has 0 bridgehead atoms. The van der Waals surface area contributed by atoms with Crippen LogP contribution in [0.4, 0.5) is 11.4 Å². The monoisotopic (exact) mass is 245 g/mol. The molecule has 0 spiro atoms. The van der Waals surface area contributed by atoms with Gasteiger partial charge in [-0.05, 0) is 12.1 Å². The SMILES string of the molecule is N#Cc1ccc([N+](=O)[O-])c(NCc2ncon2)c1. The van der Waals surface area contributed by atoms with Crippen LogP contribution in [-0.4, -0.2) is 15.1 Å². The molecule has 0 saturated carbocycles. The van der Waals surface area contributed by atoms with Gasteiger partial charge in [-0.1, -0.05) is 5.16 Å². The van der Waals surface area contributed by atoms with Crippen molar-refractivity contribution in [3.05, 3.63) is 46.1 Å². The first-order chi connectivity index (χ1) is 8.70. The molecule has 18 heavy (non-hydrogen) atoms. The minimum atomic E-state index is -0.528. The summed E-state index contributed by atoms with van der Waals surface area (Å²) in [5.74, 6) is 0.367. The highest BCUT2D eigenvalue weighted by Gasteiger charge is 2.14. The van der Waals surface area contributed by atoms with Crippen LogP contribution in [0.25, 0.3) is 0 Å². The molecule has 0 saturated heterocycles. The first-order valence-electron chi connectivity index (χ1n) is 4.88. The van der Waals surface area contributed by atoms with E-state index in [9.17, 15) is 10.1 Å². The van der Waals surface area contributed by atoms with E-state index in [-0.39, 0.29) is 17.9 Å². The van der Waals surface area contributed by atoms with Gasteiger partial charge >= 0.3 is 0 Å². The average Bonchev–Trinajstić information content (AvgIpc) is 2.88. The summed E-state index contributed by atoms with van der Waals surface area (Å²) < 4.78 is 4.54. The molecule has 0 aliphatic rings. The molecule has 8 nitrogen and oxygen atoms in total. The fourth-order valence-corrected chi connectivity index (χ4v) is 1.35. The topological polar surface area (TPSA) is 118 Å². The van der Waals surface area contributed by atoms with Gasteiger partial charge < -0.3 is 9.84 Å². The zero-order chi connectivity index (χ0) is 13.0. The predicted octanol–water partition coefficient (Wildman–Crippen LogP) is 1.46. The number of nitrogens with one attached hydrogen (secondary N) is 1. The van der Waals surface area contributed by atoms with Crippen molar-refractivity contribution in [1.29, 1.82) is 5.26 Å². The Kier molecular flexibility index (Phi) is 3.15. The highest BCUT2D eigenvalue weighted by Crippen LogP contribution is 2.25. The van der Waals surface area contributed by atoms with Crippen LogP contribution in [0.5, 0.6) is 0 Å². The van der Waals surface area contributed by atoms with E-state index in [1.54, 1.807) is 0 Å². The molecule has 0 atom stereocenters. The average molecular weight is 245 g/mol. The Balaban J connectivity index is 2.24. The van der Waals surface area contributed by atoms with Gasteiger partial charge in [-0.15, -0.1) is 0 Å². The van der Waals surface area contributed by atoms with Crippen LogP contribution in [0, 0.1) is 21.4 Å². The first kappa shape index (κ1) is 11.5. The molecule has 0 aliphatic carbocycles. The highest BCUT2D eigenvalue weighted by molar-refractivity contribution is 5.64. The molecule has 0 aliphatic heterocycles. The van der Waals surface area contributed by atoms with E-state index >= 15 is 0 Å². The lowest BCUT2D eigenvalue weighted by molar-refractivity contribution is -0.384. The van der Waals surface area contributed by atoms with Crippen LogP contribution < -0.4 is 5.32 Å². The van der Waals surface area contributed by atoms with Crippen molar-refractivity contribution in [2.75, 3.05) is 5.32 Å². The predicted molar refractivity (Wildman–Crippen MR) is 59.4 cm³/mol. The molecule has 0 radical (unpaired) electrons. The summed E-state index contributed by atoms with van der Waals surface area (Å²) in [5.41, 5.74) is 0.456.